The standard InChI is InChI=1S/C22H18FN5O2.H2/c1-13-19(21-27-26-20(30-21)16-6-4-5-7-17(16)23)25-18(12-24-13)14-8-10-15(11-9-14)22(29)28(2)3;/h4-12H,1-3H3;1H. The van der Waals surface area contributed by atoms with E-state index in [1.807, 2.05) is 0 Å². The molecule has 4 aromatic rings. The summed E-state index contributed by atoms with van der Waals surface area (Å²) in [5.74, 6) is -0.304. The summed E-state index contributed by atoms with van der Waals surface area (Å²) in [6.07, 6.45) is 1.63. The summed E-state index contributed by atoms with van der Waals surface area (Å²) in [6.45, 7) is 1.78. The van der Waals surface area contributed by atoms with Crippen LogP contribution in [0.25, 0.3) is 34.3 Å². The van der Waals surface area contributed by atoms with Gasteiger partial charge in [0.25, 0.3) is 17.7 Å². The van der Waals surface area contributed by atoms with Gasteiger partial charge in [-0.05, 0) is 31.2 Å². The van der Waals surface area contributed by atoms with E-state index in [0.717, 1.165) is 5.56 Å². The van der Waals surface area contributed by atoms with E-state index in [4.69, 9.17) is 4.42 Å². The molecule has 0 aliphatic heterocycles. The highest BCUT2D eigenvalue weighted by Gasteiger charge is 2.18. The van der Waals surface area contributed by atoms with Crippen LogP contribution in [0.1, 0.15) is 17.5 Å². The Kier molecular flexibility index (Phi) is 5.05. The lowest BCUT2D eigenvalue weighted by Gasteiger charge is -2.10. The molecule has 0 bridgehead atoms. The average molecular weight is 405 g/mol. The number of carbonyl (C=O) groups excluding carboxylic acids is 1. The molecule has 4 rings (SSSR count). The molecule has 0 fully saturated rings. The van der Waals surface area contributed by atoms with Crippen LogP contribution in [-0.4, -0.2) is 45.1 Å². The van der Waals surface area contributed by atoms with Gasteiger partial charge in [0.1, 0.15) is 11.5 Å². The number of carbonyl (C=O) groups is 1. The summed E-state index contributed by atoms with van der Waals surface area (Å²) < 4.78 is 19.7. The third-order valence-electron chi connectivity index (χ3n) is 4.52. The molecule has 0 spiro atoms. The van der Waals surface area contributed by atoms with E-state index in [-0.39, 0.29) is 24.7 Å². The van der Waals surface area contributed by atoms with E-state index < -0.39 is 5.82 Å². The van der Waals surface area contributed by atoms with Crippen molar-refractivity contribution in [2.45, 2.75) is 6.92 Å². The van der Waals surface area contributed by atoms with Crippen molar-refractivity contribution < 1.29 is 15.0 Å². The fourth-order valence-corrected chi connectivity index (χ4v) is 2.90. The number of hydrogen-bond acceptors (Lipinski definition) is 6. The van der Waals surface area contributed by atoms with Crippen molar-refractivity contribution in [1.29, 1.82) is 0 Å². The first-order valence-electron chi connectivity index (χ1n) is 9.18. The lowest BCUT2D eigenvalue weighted by Crippen LogP contribution is -2.21. The van der Waals surface area contributed by atoms with E-state index >= 15 is 0 Å². The Morgan fingerprint density at radius 2 is 1.73 bits per heavy atom. The number of amides is 1. The minimum atomic E-state index is -0.448. The molecule has 2 aromatic heterocycles. The van der Waals surface area contributed by atoms with Crippen LogP contribution in [0.15, 0.2) is 59.1 Å². The van der Waals surface area contributed by atoms with E-state index in [2.05, 4.69) is 20.2 Å². The summed E-state index contributed by atoms with van der Waals surface area (Å²) in [7, 11) is 3.40. The first-order valence-corrected chi connectivity index (χ1v) is 9.18. The Morgan fingerprint density at radius 3 is 2.43 bits per heavy atom. The zero-order valence-corrected chi connectivity index (χ0v) is 16.6. The van der Waals surface area contributed by atoms with E-state index in [9.17, 15) is 9.18 Å². The Bertz CT molecular complexity index is 1220. The van der Waals surface area contributed by atoms with Crippen molar-refractivity contribution in [1.82, 2.24) is 25.1 Å². The second-order valence-corrected chi connectivity index (χ2v) is 6.86. The van der Waals surface area contributed by atoms with Crippen LogP contribution < -0.4 is 0 Å². The SMILES string of the molecule is Cc1ncc(-c2ccc(C(=O)N(C)C)cc2)nc1-c1nnc(-c2ccccc2F)o1.[HH]. The zero-order chi connectivity index (χ0) is 21.3. The number of hydrogen-bond donors (Lipinski definition) is 0. The van der Waals surface area contributed by atoms with Crippen LogP contribution in [0.2, 0.25) is 0 Å². The fraction of sp³-hybridized carbons (Fsp3) is 0.136. The largest absolute Gasteiger partial charge is 0.414 e. The third-order valence-corrected chi connectivity index (χ3v) is 4.52. The summed E-state index contributed by atoms with van der Waals surface area (Å²) in [5.41, 5.74) is 3.19. The van der Waals surface area contributed by atoms with Gasteiger partial charge in [0, 0.05) is 26.6 Å². The third kappa shape index (κ3) is 3.67. The molecular weight excluding hydrogens is 385 g/mol. The number of nitrogens with zero attached hydrogens (tertiary/aromatic N) is 5. The first kappa shape index (κ1) is 19.4. The van der Waals surface area contributed by atoms with Crippen molar-refractivity contribution in [3.05, 3.63) is 71.8 Å². The van der Waals surface area contributed by atoms with Crippen LogP contribution in [-0.2, 0) is 0 Å². The lowest BCUT2D eigenvalue weighted by atomic mass is 10.1. The van der Waals surface area contributed by atoms with Crippen molar-refractivity contribution in [3.8, 4) is 34.3 Å². The van der Waals surface area contributed by atoms with Gasteiger partial charge in [-0.3, -0.25) is 9.78 Å². The summed E-state index contributed by atoms with van der Waals surface area (Å²) in [4.78, 5) is 22.6. The molecule has 0 saturated carbocycles. The first-order chi connectivity index (χ1) is 14.4. The van der Waals surface area contributed by atoms with Crippen LogP contribution in [0.3, 0.4) is 0 Å². The molecule has 0 N–H and O–H groups in total. The minimum absolute atomic E-state index is 0. The highest BCUT2D eigenvalue weighted by Crippen LogP contribution is 2.27. The van der Waals surface area contributed by atoms with Gasteiger partial charge in [0.15, 0.2) is 0 Å². The van der Waals surface area contributed by atoms with Crippen LogP contribution in [0.4, 0.5) is 4.39 Å². The van der Waals surface area contributed by atoms with Gasteiger partial charge in [-0.1, -0.05) is 24.3 Å². The molecule has 2 aromatic carbocycles. The second-order valence-electron chi connectivity index (χ2n) is 6.86. The van der Waals surface area contributed by atoms with Crippen molar-refractivity contribution in [2.24, 2.45) is 0 Å². The molecule has 0 saturated heterocycles. The van der Waals surface area contributed by atoms with Gasteiger partial charge in [0.2, 0.25) is 0 Å². The maximum atomic E-state index is 14.0. The van der Waals surface area contributed by atoms with Gasteiger partial charge < -0.3 is 9.32 Å². The van der Waals surface area contributed by atoms with Gasteiger partial charge in [-0.2, -0.15) is 0 Å². The number of rotatable bonds is 4. The molecule has 0 aliphatic carbocycles. The summed E-state index contributed by atoms with van der Waals surface area (Å²) in [6, 6.07) is 13.3. The Hall–Kier alpha value is -3.94. The molecule has 2 heterocycles. The maximum absolute atomic E-state index is 14.0. The molecule has 7 nitrogen and oxygen atoms in total. The van der Waals surface area contributed by atoms with Crippen molar-refractivity contribution >= 4 is 5.91 Å². The Balaban J connectivity index is 0.00000272. The molecule has 0 atom stereocenters. The fourth-order valence-electron chi connectivity index (χ4n) is 2.90. The summed E-state index contributed by atoms with van der Waals surface area (Å²) >= 11 is 0. The smallest absolute Gasteiger partial charge is 0.268 e. The van der Waals surface area contributed by atoms with Crippen molar-refractivity contribution in [2.75, 3.05) is 14.1 Å². The number of halogens is 1. The number of aromatic nitrogens is 4. The predicted molar refractivity (Wildman–Crippen MR) is 111 cm³/mol. The van der Waals surface area contributed by atoms with E-state index in [1.165, 1.54) is 11.0 Å². The van der Waals surface area contributed by atoms with Crippen LogP contribution in [0, 0.1) is 12.7 Å². The predicted octanol–water partition coefficient (Wildman–Crippen LogP) is 4.26. The normalized spacial score (nSPS) is 10.8. The molecule has 0 radical (unpaired) electrons. The van der Waals surface area contributed by atoms with Gasteiger partial charge in [-0.25, -0.2) is 9.37 Å². The van der Waals surface area contributed by atoms with Gasteiger partial charge in [-0.15, -0.1) is 10.2 Å². The van der Waals surface area contributed by atoms with Gasteiger partial charge >= 0.3 is 0 Å². The zero-order valence-electron chi connectivity index (χ0n) is 16.6. The van der Waals surface area contributed by atoms with Crippen molar-refractivity contribution in [3.63, 3.8) is 0 Å². The summed E-state index contributed by atoms with van der Waals surface area (Å²) in [5, 5.41) is 7.97. The highest BCUT2D eigenvalue weighted by atomic mass is 19.1. The average Bonchev–Trinajstić information content (AvgIpc) is 3.23. The quantitative estimate of drug-likeness (QED) is 0.504. The van der Waals surface area contributed by atoms with Gasteiger partial charge in [0.05, 0.1) is 23.1 Å². The molecule has 152 valence electrons. The Morgan fingerprint density at radius 1 is 1.03 bits per heavy atom. The number of benzene rings is 2. The maximum Gasteiger partial charge on any atom is 0.268 e. The van der Waals surface area contributed by atoms with Crippen LogP contribution in [0.5, 0.6) is 0 Å². The topological polar surface area (TPSA) is 85.0 Å². The number of aryl methyl sites for hydroxylation is 1. The van der Waals surface area contributed by atoms with E-state index in [0.29, 0.717) is 22.6 Å². The molecular formula is C22H20FN5O2. The van der Waals surface area contributed by atoms with E-state index in [1.54, 1.807) is 69.7 Å². The van der Waals surface area contributed by atoms with Crippen LogP contribution >= 0.6 is 0 Å². The molecule has 8 heteroatoms. The lowest BCUT2D eigenvalue weighted by molar-refractivity contribution is 0.0827. The second kappa shape index (κ2) is 7.82. The molecule has 30 heavy (non-hydrogen) atoms. The minimum Gasteiger partial charge on any atom is -0.414 e. The highest BCUT2D eigenvalue weighted by molar-refractivity contribution is 5.94. The molecule has 0 aliphatic rings. The molecule has 0 unspecified atom stereocenters. The monoisotopic (exact) mass is 405 g/mol. The Labute approximate surface area is 173 Å². The molecule has 1 amide bonds.